The third-order valence-corrected chi connectivity index (χ3v) is 6.52. The monoisotopic (exact) mass is 491 g/mol. The number of benzene rings is 2. The predicted octanol–water partition coefficient (Wildman–Crippen LogP) is 3.13. The number of amides is 1. The molecule has 4 rings (SSSR count). The Hall–Kier alpha value is -3.85. The number of methoxy groups -OCH3 is 1. The second-order valence-corrected chi connectivity index (χ2v) is 8.82. The number of anilines is 3. The first-order chi connectivity index (χ1) is 17.4. The first-order valence-electron chi connectivity index (χ1n) is 12.2. The largest absolute Gasteiger partial charge is 0.497 e. The smallest absolute Gasteiger partial charge is 0.356 e. The van der Waals surface area contributed by atoms with Crippen LogP contribution in [0.1, 0.15) is 13.3 Å². The van der Waals surface area contributed by atoms with Gasteiger partial charge in [0.25, 0.3) is 5.91 Å². The van der Waals surface area contributed by atoms with E-state index in [-0.39, 0.29) is 23.9 Å². The molecule has 0 aliphatic carbocycles. The summed E-state index contributed by atoms with van der Waals surface area (Å²) in [5.74, 6) is -0.348. The molecular formula is C27H33N5O4. The van der Waals surface area contributed by atoms with E-state index in [0.717, 1.165) is 37.6 Å². The maximum absolute atomic E-state index is 13.7. The van der Waals surface area contributed by atoms with Gasteiger partial charge in [0.05, 0.1) is 13.7 Å². The van der Waals surface area contributed by atoms with E-state index in [0.29, 0.717) is 30.0 Å². The van der Waals surface area contributed by atoms with Gasteiger partial charge in [-0.25, -0.2) is 4.79 Å². The van der Waals surface area contributed by atoms with Crippen molar-refractivity contribution in [3.63, 3.8) is 0 Å². The Labute approximate surface area is 211 Å². The van der Waals surface area contributed by atoms with Crippen LogP contribution >= 0.6 is 0 Å². The van der Waals surface area contributed by atoms with Crippen LogP contribution in [0.5, 0.6) is 5.75 Å². The van der Waals surface area contributed by atoms with Crippen LogP contribution in [0.4, 0.5) is 17.1 Å². The maximum atomic E-state index is 13.7. The summed E-state index contributed by atoms with van der Waals surface area (Å²) in [4.78, 5) is 32.4. The van der Waals surface area contributed by atoms with Gasteiger partial charge in [-0.05, 0) is 68.9 Å². The highest BCUT2D eigenvalue weighted by atomic mass is 16.5. The van der Waals surface area contributed by atoms with Crippen molar-refractivity contribution in [1.29, 1.82) is 5.41 Å². The van der Waals surface area contributed by atoms with E-state index in [1.807, 2.05) is 24.3 Å². The molecule has 36 heavy (non-hydrogen) atoms. The van der Waals surface area contributed by atoms with Gasteiger partial charge < -0.3 is 29.5 Å². The predicted molar refractivity (Wildman–Crippen MR) is 141 cm³/mol. The number of rotatable bonds is 8. The van der Waals surface area contributed by atoms with Crippen molar-refractivity contribution in [1.82, 2.24) is 4.90 Å². The molecule has 9 heteroatoms. The third kappa shape index (κ3) is 5.52. The van der Waals surface area contributed by atoms with Crippen molar-refractivity contribution in [2.75, 3.05) is 68.6 Å². The molecule has 0 spiro atoms. The molecule has 0 unspecified atom stereocenters. The molecule has 9 nitrogen and oxygen atoms in total. The van der Waals surface area contributed by atoms with Crippen molar-refractivity contribution in [2.24, 2.45) is 0 Å². The van der Waals surface area contributed by atoms with Gasteiger partial charge in [-0.1, -0.05) is 0 Å². The summed E-state index contributed by atoms with van der Waals surface area (Å²) in [6, 6.07) is 15.1. The highest BCUT2D eigenvalue weighted by Gasteiger charge is 2.32. The number of carbonyl (C=O) groups excluding carboxylic acids is 2. The van der Waals surface area contributed by atoms with Crippen molar-refractivity contribution < 1.29 is 19.1 Å². The fraction of sp³-hybridized carbons (Fsp3) is 0.370. The number of nitrogens with zero attached hydrogens (tertiary/aromatic N) is 3. The minimum Gasteiger partial charge on any atom is -0.497 e. The lowest BCUT2D eigenvalue weighted by molar-refractivity contribution is -0.135. The van der Waals surface area contributed by atoms with Crippen LogP contribution < -0.4 is 19.9 Å². The molecule has 0 aromatic heterocycles. The topological polar surface area (TPSA) is 98.2 Å². The molecule has 2 heterocycles. The van der Waals surface area contributed by atoms with Crippen LogP contribution in [0.15, 0.2) is 59.8 Å². The highest BCUT2D eigenvalue weighted by Crippen LogP contribution is 2.29. The van der Waals surface area contributed by atoms with Crippen molar-refractivity contribution in [3.8, 4) is 5.75 Å². The van der Waals surface area contributed by atoms with Crippen molar-refractivity contribution in [2.45, 2.75) is 13.3 Å². The Balaban J connectivity index is 1.60. The van der Waals surface area contributed by atoms with Crippen LogP contribution in [0.3, 0.4) is 0 Å². The normalized spacial score (nSPS) is 16.7. The minimum absolute atomic E-state index is 0.162. The molecule has 1 amide bonds. The quantitative estimate of drug-likeness (QED) is 0.432. The van der Waals surface area contributed by atoms with Crippen molar-refractivity contribution >= 4 is 34.7 Å². The zero-order valence-electron chi connectivity index (χ0n) is 21.0. The number of hydrogen-bond donors (Lipinski definition) is 2. The summed E-state index contributed by atoms with van der Waals surface area (Å²) in [5, 5.41) is 11.5. The molecule has 1 fully saturated rings. The highest BCUT2D eigenvalue weighted by molar-refractivity contribution is 6.43. The molecule has 0 radical (unpaired) electrons. The van der Waals surface area contributed by atoms with Crippen LogP contribution in [0.25, 0.3) is 0 Å². The molecule has 2 N–H and O–H groups in total. The molecular weight excluding hydrogens is 458 g/mol. The average molecular weight is 492 g/mol. The number of piperazine rings is 1. The zero-order chi connectivity index (χ0) is 25.7. The van der Waals surface area contributed by atoms with Gasteiger partial charge in [0.2, 0.25) is 0 Å². The van der Waals surface area contributed by atoms with E-state index in [1.165, 1.54) is 0 Å². The van der Waals surface area contributed by atoms with Gasteiger partial charge in [0.1, 0.15) is 17.2 Å². The van der Waals surface area contributed by atoms with E-state index >= 15 is 0 Å². The lowest BCUT2D eigenvalue weighted by Crippen LogP contribution is -2.44. The van der Waals surface area contributed by atoms with Crippen LogP contribution in [-0.2, 0) is 14.3 Å². The fourth-order valence-electron chi connectivity index (χ4n) is 4.39. The Morgan fingerprint density at radius 3 is 2.22 bits per heavy atom. The third-order valence-electron chi connectivity index (χ3n) is 6.52. The van der Waals surface area contributed by atoms with Gasteiger partial charge in [0, 0.05) is 55.4 Å². The number of carbonyl (C=O) groups is 2. The summed E-state index contributed by atoms with van der Waals surface area (Å²) in [6.45, 7) is 6.19. The van der Waals surface area contributed by atoms with Gasteiger partial charge in [-0.15, -0.1) is 0 Å². The molecule has 0 bridgehead atoms. The summed E-state index contributed by atoms with van der Waals surface area (Å²) in [7, 11) is 3.71. The molecule has 2 aromatic carbocycles. The Morgan fingerprint density at radius 2 is 1.61 bits per heavy atom. The van der Waals surface area contributed by atoms with Crippen molar-refractivity contribution in [3.05, 3.63) is 59.8 Å². The van der Waals surface area contributed by atoms with Crippen LogP contribution in [-0.4, -0.2) is 76.0 Å². The minimum atomic E-state index is -0.737. The van der Waals surface area contributed by atoms with Gasteiger partial charge in [0.15, 0.2) is 0 Å². The number of likely N-dealkylation sites (N-methyl/N-ethyl adjacent to an activating group) is 1. The Bertz CT molecular complexity index is 1140. The van der Waals surface area contributed by atoms with E-state index < -0.39 is 5.97 Å². The van der Waals surface area contributed by atoms with Crippen LogP contribution in [0.2, 0.25) is 0 Å². The fourth-order valence-corrected chi connectivity index (χ4v) is 4.39. The number of hydrogen-bond acceptors (Lipinski definition) is 8. The molecule has 2 aliphatic rings. The summed E-state index contributed by atoms with van der Waals surface area (Å²) < 4.78 is 10.3. The lowest BCUT2D eigenvalue weighted by Gasteiger charge is -2.34. The summed E-state index contributed by atoms with van der Waals surface area (Å²) >= 11 is 0. The second kappa shape index (κ2) is 11.3. The second-order valence-electron chi connectivity index (χ2n) is 8.82. The molecule has 190 valence electrons. The van der Waals surface area contributed by atoms with E-state index in [9.17, 15) is 9.59 Å². The zero-order valence-corrected chi connectivity index (χ0v) is 21.0. The summed E-state index contributed by atoms with van der Waals surface area (Å²) in [6.07, 6.45) is 0.349. The van der Waals surface area contributed by atoms with Gasteiger partial charge in [-0.3, -0.25) is 10.2 Å². The Kier molecular flexibility index (Phi) is 7.90. The SMILES string of the molecule is CCOC(=O)C(=N)C1=C(Nc2ccc(OC)cc2)C(=O)N(c2ccc(N3CCN(C)CC3)cc2)CC1. The average Bonchev–Trinajstić information content (AvgIpc) is 2.90. The summed E-state index contributed by atoms with van der Waals surface area (Å²) in [5.41, 5.74) is 2.81. The molecule has 0 atom stereocenters. The Morgan fingerprint density at radius 1 is 0.972 bits per heavy atom. The van der Waals surface area contributed by atoms with Gasteiger partial charge in [-0.2, -0.15) is 0 Å². The molecule has 2 aliphatic heterocycles. The van der Waals surface area contributed by atoms with E-state index in [1.54, 1.807) is 43.2 Å². The first kappa shape index (κ1) is 25.2. The molecule has 2 aromatic rings. The standard InChI is InChI=1S/C27H33N5O4/c1-4-36-27(34)24(28)23-13-14-32(26(33)25(23)29-19-5-11-22(35-3)12-6-19)21-9-7-20(8-10-21)31-17-15-30(2)16-18-31/h5-12,28-29H,4,13-18H2,1-3H3. The van der Waals surface area contributed by atoms with Gasteiger partial charge >= 0.3 is 5.97 Å². The van der Waals surface area contributed by atoms with E-state index in [2.05, 4.69) is 22.2 Å². The molecule has 0 saturated carbocycles. The van der Waals surface area contributed by atoms with E-state index in [4.69, 9.17) is 14.9 Å². The maximum Gasteiger partial charge on any atom is 0.356 e. The first-order valence-corrected chi connectivity index (χ1v) is 12.2. The number of nitrogens with one attached hydrogen (secondary N) is 2. The molecule has 1 saturated heterocycles. The number of esters is 1. The number of ether oxygens (including phenoxy) is 2. The van der Waals surface area contributed by atoms with Crippen LogP contribution in [0, 0.1) is 5.41 Å². The lowest BCUT2D eigenvalue weighted by atomic mass is 9.98.